The maximum absolute atomic E-state index is 6.19. The molecule has 1 aromatic heterocycles. The van der Waals surface area contributed by atoms with Crippen LogP contribution in [0.15, 0.2) is 42.7 Å². The lowest BCUT2D eigenvalue weighted by atomic mass is 10.2. The Hall–Kier alpha value is -1.69. The fraction of sp³-hybridized carbons (Fsp3) is 0.222. The summed E-state index contributed by atoms with van der Waals surface area (Å²) in [4.78, 5) is 8.62. The van der Waals surface area contributed by atoms with E-state index in [4.69, 9.17) is 27.9 Å². The van der Waals surface area contributed by atoms with E-state index in [1.807, 2.05) is 36.4 Å². The molecule has 1 heterocycles. The highest BCUT2D eigenvalue weighted by atomic mass is 35.5. The zero-order chi connectivity index (χ0) is 17.6. The summed E-state index contributed by atoms with van der Waals surface area (Å²) in [6.07, 6.45) is 1.56. The van der Waals surface area contributed by atoms with Gasteiger partial charge in [-0.2, -0.15) is 11.8 Å². The van der Waals surface area contributed by atoms with Crippen LogP contribution in [0.25, 0.3) is 10.9 Å². The van der Waals surface area contributed by atoms with Gasteiger partial charge >= 0.3 is 0 Å². The fourth-order valence-electron chi connectivity index (χ4n) is 2.39. The zero-order valence-corrected chi connectivity index (χ0v) is 16.0. The summed E-state index contributed by atoms with van der Waals surface area (Å²) in [7, 11) is 1.65. The monoisotopic (exact) mass is 393 g/mol. The number of ether oxygens (including phenoxy) is 1. The SMILES string of the molecule is COc1ccc2ncnc(NCCSCc3c(Cl)cccc3Cl)c2c1. The largest absolute Gasteiger partial charge is 0.497 e. The molecule has 0 amide bonds. The number of benzene rings is 2. The Bertz CT molecular complexity index is 856. The van der Waals surface area contributed by atoms with Crippen molar-refractivity contribution in [2.24, 2.45) is 0 Å². The number of nitrogens with one attached hydrogen (secondary N) is 1. The highest BCUT2D eigenvalue weighted by molar-refractivity contribution is 7.98. The summed E-state index contributed by atoms with van der Waals surface area (Å²) < 4.78 is 5.28. The van der Waals surface area contributed by atoms with Crippen molar-refractivity contribution in [1.82, 2.24) is 9.97 Å². The molecule has 25 heavy (non-hydrogen) atoms. The maximum Gasteiger partial charge on any atom is 0.137 e. The quantitative estimate of drug-likeness (QED) is 0.552. The fourth-order valence-corrected chi connectivity index (χ4v) is 3.99. The minimum absolute atomic E-state index is 0.710. The van der Waals surface area contributed by atoms with Crippen LogP contribution < -0.4 is 10.1 Å². The van der Waals surface area contributed by atoms with Gasteiger partial charge in [-0.05, 0) is 35.9 Å². The first kappa shape index (κ1) is 18.1. The third-order valence-electron chi connectivity index (χ3n) is 3.69. The van der Waals surface area contributed by atoms with Crippen LogP contribution in [0.4, 0.5) is 5.82 Å². The predicted octanol–water partition coefficient (Wildman–Crippen LogP) is 5.29. The minimum Gasteiger partial charge on any atom is -0.497 e. The molecule has 0 atom stereocenters. The summed E-state index contributed by atoms with van der Waals surface area (Å²) in [5.41, 5.74) is 1.86. The third-order valence-corrected chi connectivity index (χ3v) is 5.38. The highest BCUT2D eigenvalue weighted by Gasteiger charge is 2.07. The van der Waals surface area contributed by atoms with Gasteiger partial charge in [0.05, 0.1) is 12.6 Å². The molecule has 7 heteroatoms. The molecule has 0 bridgehead atoms. The predicted molar refractivity (Wildman–Crippen MR) is 107 cm³/mol. The van der Waals surface area contributed by atoms with Crippen LogP contribution in [-0.2, 0) is 5.75 Å². The number of rotatable bonds is 7. The van der Waals surface area contributed by atoms with E-state index in [9.17, 15) is 0 Å². The number of anilines is 1. The van der Waals surface area contributed by atoms with Gasteiger partial charge < -0.3 is 10.1 Å². The van der Waals surface area contributed by atoms with Crippen LogP contribution >= 0.6 is 35.0 Å². The van der Waals surface area contributed by atoms with Crippen LogP contribution in [-0.4, -0.2) is 29.4 Å². The molecule has 0 unspecified atom stereocenters. The zero-order valence-electron chi connectivity index (χ0n) is 13.6. The van der Waals surface area contributed by atoms with Gasteiger partial charge in [-0.25, -0.2) is 9.97 Å². The van der Waals surface area contributed by atoms with Crippen LogP contribution in [0.1, 0.15) is 5.56 Å². The molecular weight excluding hydrogens is 377 g/mol. The lowest BCUT2D eigenvalue weighted by molar-refractivity contribution is 0.415. The molecule has 0 saturated heterocycles. The molecule has 0 fully saturated rings. The Balaban J connectivity index is 1.58. The Morgan fingerprint density at radius 2 is 1.92 bits per heavy atom. The summed E-state index contributed by atoms with van der Waals surface area (Å²) in [6.45, 7) is 0.774. The molecule has 0 radical (unpaired) electrons. The van der Waals surface area contributed by atoms with Crippen molar-refractivity contribution in [3.8, 4) is 5.75 Å². The van der Waals surface area contributed by atoms with E-state index < -0.39 is 0 Å². The molecule has 2 aromatic carbocycles. The molecular formula is C18H17Cl2N3OS. The molecule has 3 aromatic rings. The first-order valence-electron chi connectivity index (χ1n) is 7.72. The first-order valence-corrected chi connectivity index (χ1v) is 9.63. The smallest absolute Gasteiger partial charge is 0.137 e. The number of hydrogen-bond donors (Lipinski definition) is 1. The first-order chi connectivity index (χ1) is 12.2. The lowest BCUT2D eigenvalue weighted by Gasteiger charge is -2.10. The van der Waals surface area contributed by atoms with Gasteiger partial charge in [0.25, 0.3) is 0 Å². The Morgan fingerprint density at radius 1 is 1.12 bits per heavy atom. The van der Waals surface area contributed by atoms with Gasteiger partial charge in [-0.15, -0.1) is 0 Å². The Morgan fingerprint density at radius 3 is 2.68 bits per heavy atom. The number of thioether (sulfide) groups is 1. The number of methoxy groups -OCH3 is 1. The third kappa shape index (κ3) is 4.48. The van der Waals surface area contributed by atoms with Crippen LogP contribution in [0, 0.1) is 0 Å². The maximum atomic E-state index is 6.19. The topological polar surface area (TPSA) is 47.0 Å². The molecule has 0 spiro atoms. The van der Waals surface area contributed by atoms with Crippen molar-refractivity contribution >= 4 is 51.7 Å². The average molecular weight is 394 g/mol. The molecule has 0 aliphatic carbocycles. The van der Waals surface area contributed by atoms with E-state index in [0.29, 0.717) is 10.0 Å². The van der Waals surface area contributed by atoms with Crippen molar-refractivity contribution < 1.29 is 4.74 Å². The standard InChI is InChI=1S/C18H17Cl2N3OS/c1-24-12-5-6-17-13(9-12)18(23-11-22-17)21-7-8-25-10-14-15(19)3-2-4-16(14)20/h2-6,9,11H,7-8,10H2,1H3,(H,21,22,23). The van der Waals surface area contributed by atoms with E-state index in [1.165, 1.54) is 0 Å². The number of fused-ring (bicyclic) bond motifs is 1. The van der Waals surface area contributed by atoms with Crippen molar-refractivity contribution in [2.45, 2.75) is 5.75 Å². The second kappa shape index (κ2) is 8.61. The van der Waals surface area contributed by atoms with Gasteiger partial charge in [0, 0.05) is 33.5 Å². The van der Waals surface area contributed by atoms with E-state index in [0.717, 1.165) is 46.1 Å². The number of nitrogens with zero attached hydrogens (tertiary/aromatic N) is 2. The van der Waals surface area contributed by atoms with Gasteiger partial charge in [-0.3, -0.25) is 0 Å². The number of hydrogen-bond acceptors (Lipinski definition) is 5. The Kier molecular flexibility index (Phi) is 6.24. The van der Waals surface area contributed by atoms with E-state index in [2.05, 4.69) is 15.3 Å². The van der Waals surface area contributed by atoms with Crippen LogP contribution in [0.2, 0.25) is 10.0 Å². The van der Waals surface area contributed by atoms with Crippen molar-refractivity contribution in [1.29, 1.82) is 0 Å². The van der Waals surface area contributed by atoms with Crippen molar-refractivity contribution in [3.05, 3.63) is 58.3 Å². The summed E-state index contributed by atoms with van der Waals surface area (Å²) in [5, 5.41) is 5.73. The van der Waals surface area contributed by atoms with Crippen LogP contribution in [0.5, 0.6) is 5.75 Å². The molecule has 0 aliphatic rings. The average Bonchev–Trinajstić information content (AvgIpc) is 2.63. The van der Waals surface area contributed by atoms with Gasteiger partial charge in [0.1, 0.15) is 17.9 Å². The van der Waals surface area contributed by atoms with Crippen molar-refractivity contribution in [2.75, 3.05) is 24.7 Å². The molecule has 4 nitrogen and oxygen atoms in total. The Labute approximate surface area is 160 Å². The normalized spacial score (nSPS) is 10.8. The van der Waals surface area contributed by atoms with Crippen molar-refractivity contribution in [3.63, 3.8) is 0 Å². The summed E-state index contributed by atoms with van der Waals surface area (Å²) >= 11 is 14.1. The van der Waals surface area contributed by atoms with E-state index >= 15 is 0 Å². The van der Waals surface area contributed by atoms with E-state index in [1.54, 1.807) is 25.2 Å². The van der Waals surface area contributed by atoms with Gasteiger partial charge in [-0.1, -0.05) is 29.3 Å². The lowest BCUT2D eigenvalue weighted by Crippen LogP contribution is -2.07. The second-order valence-corrected chi connectivity index (χ2v) is 7.20. The van der Waals surface area contributed by atoms with Gasteiger partial charge in [0.15, 0.2) is 0 Å². The molecule has 0 saturated carbocycles. The van der Waals surface area contributed by atoms with E-state index in [-0.39, 0.29) is 0 Å². The summed E-state index contributed by atoms with van der Waals surface area (Å²) in [6, 6.07) is 11.3. The second-order valence-electron chi connectivity index (χ2n) is 5.28. The van der Waals surface area contributed by atoms with Crippen LogP contribution in [0.3, 0.4) is 0 Å². The summed E-state index contributed by atoms with van der Waals surface area (Å²) in [5.74, 6) is 3.27. The number of aromatic nitrogens is 2. The highest BCUT2D eigenvalue weighted by Crippen LogP contribution is 2.28. The molecule has 130 valence electrons. The minimum atomic E-state index is 0.710. The molecule has 1 N–H and O–H groups in total. The van der Waals surface area contributed by atoms with Gasteiger partial charge in [0.2, 0.25) is 0 Å². The molecule has 0 aliphatic heterocycles. The number of halogens is 2. The molecule has 3 rings (SSSR count).